The van der Waals surface area contributed by atoms with Crippen LogP contribution in [0.1, 0.15) is 27.2 Å². The van der Waals surface area contributed by atoms with Crippen LogP contribution in [0.25, 0.3) is 0 Å². The Hall–Kier alpha value is -0.120. The molecule has 0 aromatic carbocycles. The molecule has 11 heavy (non-hydrogen) atoms. The van der Waals surface area contributed by atoms with E-state index < -0.39 is 11.6 Å². The Balaban J connectivity index is 2.62. The monoisotopic (exact) mass is 160 g/mol. The molecular formula is C8H16O3. The van der Waals surface area contributed by atoms with E-state index in [0.29, 0.717) is 6.61 Å². The quantitative estimate of drug-likeness (QED) is 0.613. The van der Waals surface area contributed by atoms with E-state index in [0.717, 1.165) is 6.42 Å². The fourth-order valence-corrected chi connectivity index (χ4v) is 1.21. The molecule has 1 aliphatic rings. The third-order valence-corrected chi connectivity index (χ3v) is 1.98. The molecule has 3 nitrogen and oxygen atoms in total. The van der Waals surface area contributed by atoms with Gasteiger partial charge in [-0.1, -0.05) is 6.92 Å². The Morgan fingerprint density at radius 1 is 1.45 bits per heavy atom. The van der Waals surface area contributed by atoms with Crippen LogP contribution in [0, 0.1) is 0 Å². The summed E-state index contributed by atoms with van der Waals surface area (Å²) >= 11 is 0. The van der Waals surface area contributed by atoms with Crippen LogP contribution in [0.15, 0.2) is 0 Å². The summed E-state index contributed by atoms with van der Waals surface area (Å²) in [5.41, 5.74) is 0. The highest BCUT2D eigenvalue weighted by Gasteiger charge is 2.44. The van der Waals surface area contributed by atoms with E-state index in [2.05, 4.69) is 0 Å². The van der Waals surface area contributed by atoms with Crippen molar-refractivity contribution in [2.45, 2.75) is 38.8 Å². The molecule has 0 aromatic heterocycles. The maximum Gasteiger partial charge on any atom is 0.194 e. The van der Waals surface area contributed by atoms with E-state index in [1.54, 1.807) is 7.11 Å². The largest absolute Gasteiger partial charge is 0.351 e. The lowest BCUT2D eigenvalue weighted by molar-refractivity contribution is -0.243. The molecule has 0 N–H and O–H groups in total. The van der Waals surface area contributed by atoms with Crippen LogP contribution >= 0.6 is 0 Å². The zero-order chi connectivity index (χ0) is 8.54. The van der Waals surface area contributed by atoms with Crippen molar-refractivity contribution >= 4 is 0 Å². The van der Waals surface area contributed by atoms with E-state index in [1.807, 2.05) is 20.8 Å². The summed E-state index contributed by atoms with van der Waals surface area (Å²) in [6.07, 6.45) is 0.812. The highest BCUT2D eigenvalue weighted by Crippen LogP contribution is 2.33. The highest BCUT2D eigenvalue weighted by molar-refractivity contribution is 4.77. The standard InChI is InChI=1S/C8H16O3/c1-5-8(9-4)6-10-7(2,3)11-8/h5-6H2,1-4H3. The van der Waals surface area contributed by atoms with Crippen molar-refractivity contribution in [1.82, 2.24) is 0 Å². The summed E-state index contributed by atoms with van der Waals surface area (Å²) in [4.78, 5) is 0. The third-order valence-electron chi connectivity index (χ3n) is 1.98. The molecule has 0 aromatic rings. The van der Waals surface area contributed by atoms with Gasteiger partial charge in [0, 0.05) is 13.5 Å². The Morgan fingerprint density at radius 3 is 2.27 bits per heavy atom. The average molecular weight is 160 g/mol. The summed E-state index contributed by atoms with van der Waals surface area (Å²) in [5, 5.41) is 0. The molecule has 66 valence electrons. The minimum atomic E-state index is -0.510. The van der Waals surface area contributed by atoms with Gasteiger partial charge in [-0.3, -0.25) is 0 Å². The lowest BCUT2D eigenvalue weighted by Crippen LogP contribution is -2.35. The van der Waals surface area contributed by atoms with Crippen LogP contribution in [0.5, 0.6) is 0 Å². The first kappa shape index (κ1) is 8.97. The summed E-state index contributed by atoms with van der Waals surface area (Å²) in [7, 11) is 1.65. The molecule has 1 fully saturated rings. The number of hydrogen-bond acceptors (Lipinski definition) is 3. The Morgan fingerprint density at radius 2 is 2.09 bits per heavy atom. The summed E-state index contributed by atoms with van der Waals surface area (Å²) in [6.45, 7) is 6.33. The smallest absolute Gasteiger partial charge is 0.194 e. The van der Waals surface area contributed by atoms with E-state index in [9.17, 15) is 0 Å². The first-order valence-electron chi connectivity index (χ1n) is 3.93. The second kappa shape index (κ2) is 2.73. The van der Waals surface area contributed by atoms with Crippen molar-refractivity contribution in [2.24, 2.45) is 0 Å². The molecular weight excluding hydrogens is 144 g/mol. The molecule has 1 aliphatic heterocycles. The highest BCUT2D eigenvalue weighted by atomic mass is 16.8. The van der Waals surface area contributed by atoms with E-state index in [4.69, 9.17) is 14.2 Å². The summed E-state index contributed by atoms with van der Waals surface area (Å²) in [5.74, 6) is -1.00. The van der Waals surface area contributed by atoms with Gasteiger partial charge >= 0.3 is 0 Å². The van der Waals surface area contributed by atoms with Crippen LogP contribution in [-0.4, -0.2) is 25.3 Å². The van der Waals surface area contributed by atoms with Crippen molar-refractivity contribution in [3.05, 3.63) is 0 Å². The zero-order valence-corrected chi connectivity index (χ0v) is 7.64. The van der Waals surface area contributed by atoms with E-state index in [-0.39, 0.29) is 0 Å². The predicted molar refractivity (Wildman–Crippen MR) is 41.1 cm³/mol. The SMILES string of the molecule is CCC1(OC)COC(C)(C)O1. The molecule has 3 heteroatoms. The van der Waals surface area contributed by atoms with Gasteiger partial charge in [0.1, 0.15) is 6.61 Å². The summed E-state index contributed by atoms with van der Waals surface area (Å²) < 4.78 is 16.2. The van der Waals surface area contributed by atoms with Crippen molar-refractivity contribution in [3.8, 4) is 0 Å². The zero-order valence-electron chi connectivity index (χ0n) is 7.64. The molecule has 0 aliphatic carbocycles. The number of hydrogen-bond donors (Lipinski definition) is 0. The van der Waals surface area contributed by atoms with Gasteiger partial charge in [-0.25, -0.2) is 0 Å². The number of ether oxygens (including phenoxy) is 3. The first-order valence-corrected chi connectivity index (χ1v) is 3.93. The Labute approximate surface area is 67.6 Å². The van der Waals surface area contributed by atoms with E-state index >= 15 is 0 Å². The molecule has 0 bridgehead atoms. The molecule has 1 heterocycles. The van der Waals surface area contributed by atoms with Crippen LogP contribution < -0.4 is 0 Å². The van der Waals surface area contributed by atoms with Crippen molar-refractivity contribution < 1.29 is 14.2 Å². The maximum atomic E-state index is 5.59. The minimum Gasteiger partial charge on any atom is -0.351 e. The summed E-state index contributed by atoms with van der Waals surface area (Å²) in [6, 6.07) is 0. The van der Waals surface area contributed by atoms with Crippen LogP contribution in [0.2, 0.25) is 0 Å². The molecule has 0 radical (unpaired) electrons. The van der Waals surface area contributed by atoms with Gasteiger partial charge in [0.15, 0.2) is 11.6 Å². The molecule has 0 spiro atoms. The average Bonchev–Trinajstić information content (AvgIpc) is 2.28. The Bertz CT molecular complexity index is 138. The number of rotatable bonds is 2. The van der Waals surface area contributed by atoms with Crippen LogP contribution in [-0.2, 0) is 14.2 Å². The third kappa shape index (κ3) is 1.72. The molecule has 0 amide bonds. The van der Waals surface area contributed by atoms with Crippen LogP contribution in [0.3, 0.4) is 0 Å². The van der Waals surface area contributed by atoms with Crippen LogP contribution in [0.4, 0.5) is 0 Å². The van der Waals surface area contributed by atoms with Gasteiger partial charge < -0.3 is 14.2 Å². The predicted octanol–water partition coefficient (Wildman–Crippen LogP) is 1.52. The Kier molecular flexibility index (Phi) is 2.23. The molecule has 1 rings (SSSR count). The topological polar surface area (TPSA) is 27.7 Å². The second-order valence-corrected chi connectivity index (χ2v) is 3.26. The second-order valence-electron chi connectivity index (χ2n) is 3.26. The van der Waals surface area contributed by atoms with Gasteiger partial charge in [-0.05, 0) is 13.8 Å². The molecule has 0 saturated carbocycles. The van der Waals surface area contributed by atoms with Gasteiger partial charge in [0.25, 0.3) is 0 Å². The normalized spacial score (nSPS) is 36.0. The van der Waals surface area contributed by atoms with E-state index in [1.165, 1.54) is 0 Å². The maximum absolute atomic E-state index is 5.59. The van der Waals surface area contributed by atoms with Gasteiger partial charge in [0.05, 0.1) is 0 Å². The van der Waals surface area contributed by atoms with Gasteiger partial charge in [-0.2, -0.15) is 0 Å². The first-order chi connectivity index (χ1) is 5.04. The van der Waals surface area contributed by atoms with Gasteiger partial charge in [0.2, 0.25) is 0 Å². The lowest BCUT2D eigenvalue weighted by Gasteiger charge is -2.25. The van der Waals surface area contributed by atoms with Crippen molar-refractivity contribution in [1.29, 1.82) is 0 Å². The van der Waals surface area contributed by atoms with Crippen molar-refractivity contribution in [2.75, 3.05) is 13.7 Å². The molecule has 1 saturated heterocycles. The molecule has 1 atom stereocenters. The van der Waals surface area contributed by atoms with Gasteiger partial charge in [-0.15, -0.1) is 0 Å². The van der Waals surface area contributed by atoms with Crippen molar-refractivity contribution in [3.63, 3.8) is 0 Å². The molecule has 1 unspecified atom stereocenters. The lowest BCUT2D eigenvalue weighted by atomic mass is 10.2. The number of methoxy groups -OCH3 is 1. The fourth-order valence-electron chi connectivity index (χ4n) is 1.21. The fraction of sp³-hybridized carbons (Fsp3) is 1.00. The minimum absolute atomic E-state index is 0.494.